The van der Waals surface area contributed by atoms with E-state index in [1.165, 1.54) is 32.1 Å². The van der Waals surface area contributed by atoms with Crippen molar-refractivity contribution in [3.05, 3.63) is 0 Å². The Morgan fingerprint density at radius 2 is 1.74 bits per heavy atom. The highest BCUT2D eigenvalue weighted by Crippen LogP contribution is 2.57. The Morgan fingerprint density at radius 1 is 1.11 bits per heavy atom. The van der Waals surface area contributed by atoms with Gasteiger partial charge >= 0.3 is 0 Å². The first-order chi connectivity index (χ1) is 9.20. The monoisotopic (exact) mass is 262 g/mol. The predicted molar refractivity (Wildman–Crippen MR) is 74.3 cm³/mol. The first kappa shape index (κ1) is 12.2. The van der Waals surface area contributed by atoms with Crippen LogP contribution in [-0.2, 0) is 4.79 Å². The van der Waals surface area contributed by atoms with Crippen molar-refractivity contribution in [1.82, 2.24) is 4.90 Å². The fourth-order valence-electron chi connectivity index (χ4n) is 5.94. The highest BCUT2D eigenvalue weighted by Gasteiger charge is 2.50. The fraction of sp³-hybridized carbons (Fsp3) is 0.938. The number of nitrogens with zero attached hydrogens (tertiary/aromatic N) is 1. The van der Waals surface area contributed by atoms with Gasteiger partial charge in [0, 0.05) is 25.6 Å². The lowest BCUT2D eigenvalue weighted by atomic mass is 9.50. The summed E-state index contributed by atoms with van der Waals surface area (Å²) < 4.78 is 0. The van der Waals surface area contributed by atoms with Crippen molar-refractivity contribution >= 4 is 5.91 Å². The number of hydrogen-bond donors (Lipinski definition) is 1. The summed E-state index contributed by atoms with van der Waals surface area (Å²) in [5, 5.41) is 0. The van der Waals surface area contributed by atoms with Gasteiger partial charge in [-0.2, -0.15) is 0 Å². The molecular weight excluding hydrogens is 236 g/mol. The van der Waals surface area contributed by atoms with Crippen LogP contribution in [0.25, 0.3) is 0 Å². The van der Waals surface area contributed by atoms with Crippen LogP contribution in [0.3, 0.4) is 0 Å². The molecule has 0 radical (unpaired) electrons. The molecule has 4 aliphatic carbocycles. The van der Waals surface area contributed by atoms with Gasteiger partial charge in [-0.05, 0) is 68.1 Å². The lowest BCUT2D eigenvalue weighted by Crippen LogP contribution is -2.54. The Balaban J connectivity index is 1.45. The molecule has 19 heavy (non-hydrogen) atoms. The maximum absolute atomic E-state index is 11.8. The molecule has 0 aromatic carbocycles. The number of likely N-dealkylation sites (tertiary alicyclic amines) is 1. The topological polar surface area (TPSA) is 46.3 Å². The molecule has 4 saturated carbocycles. The van der Waals surface area contributed by atoms with Crippen molar-refractivity contribution in [3.63, 3.8) is 0 Å². The summed E-state index contributed by atoms with van der Waals surface area (Å²) in [5.41, 5.74) is 6.55. The van der Waals surface area contributed by atoms with Crippen LogP contribution in [0.1, 0.15) is 44.9 Å². The van der Waals surface area contributed by atoms with E-state index in [0.29, 0.717) is 11.8 Å². The molecule has 4 bridgehead atoms. The quantitative estimate of drug-likeness (QED) is 0.845. The van der Waals surface area contributed by atoms with E-state index in [4.69, 9.17) is 5.73 Å². The van der Waals surface area contributed by atoms with Gasteiger partial charge in [0.25, 0.3) is 0 Å². The molecule has 5 aliphatic rings. The summed E-state index contributed by atoms with van der Waals surface area (Å²) in [5.74, 6) is 4.83. The molecule has 1 heterocycles. The van der Waals surface area contributed by atoms with Crippen LogP contribution < -0.4 is 5.73 Å². The van der Waals surface area contributed by atoms with Crippen LogP contribution >= 0.6 is 0 Å². The molecule has 0 aromatic rings. The number of rotatable bonds is 3. The highest BCUT2D eigenvalue weighted by atomic mass is 16.2. The Kier molecular flexibility index (Phi) is 2.87. The third-order valence-electron chi connectivity index (χ3n) is 6.40. The summed E-state index contributed by atoms with van der Waals surface area (Å²) in [4.78, 5) is 13.8. The molecule has 1 saturated heterocycles. The molecule has 5 rings (SSSR count). The minimum absolute atomic E-state index is 0.233. The normalized spacial score (nSPS) is 46.1. The number of carbonyl (C=O) groups excluding carboxylic acids is 1. The smallest absolute Gasteiger partial charge is 0.222 e. The van der Waals surface area contributed by atoms with Crippen molar-refractivity contribution in [2.45, 2.75) is 51.0 Å². The summed E-state index contributed by atoms with van der Waals surface area (Å²) in [6.07, 6.45) is 9.00. The van der Waals surface area contributed by atoms with Crippen LogP contribution in [0, 0.1) is 29.6 Å². The van der Waals surface area contributed by atoms with Gasteiger partial charge in [-0.25, -0.2) is 0 Å². The molecule has 0 spiro atoms. The fourth-order valence-corrected chi connectivity index (χ4v) is 5.94. The van der Waals surface area contributed by atoms with E-state index in [1.807, 2.05) is 4.90 Å². The van der Waals surface area contributed by atoms with Gasteiger partial charge in [-0.1, -0.05) is 0 Å². The zero-order chi connectivity index (χ0) is 13.0. The summed E-state index contributed by atoms with van der Waals surface area (Å²) >= 11 is 0. The maximum Gasteiger partial charge on any atom is 0.222 e. The summed E-state index contributed by atoms with van der Waals surface area (Å²) in [6, 6.07) is 0.233. The number of carbonyl (C=O) groups is 1. The van der Waals surface area contributed by atoms with E-state index in [1.54, 1.807) is 0 Å². The van der Waals surface area contributed by atoms with Crippen molar-refractivity contribution in [1.29, 1.82) is 0 Å². The Bertz CT molecular complexity index is 353. The second kappa shape index (κ2) is 4.47. The molecule has 3 heteroatoms. The lowest BCUT2D eigenvalue weighted by Gasteiger charge is -2.56. The molecule has 106 valence electrons. The van der Waals surface area contributed by atoms with Gasteiger partial charge in [0.1, 0.15) is 0 Å². The SMILES string of the molecule is NC(CN1CCCC1=O)C1C2CC3CC(C2)CC1C3. The van der Waals surface area contributed by atoms with Crippen molar-refractivity contribution in [2.24, 2.45) is 35.3 Å². The molecule has 2 N–H and O–H groups in total. The minimum atomic E-state index is 0.233. The first-order valence-electron chi connectivity index (χ1n) is 8.24. The average Bonchev–Trinajstić information content (AvgIpc) is 2.73. The van der Waals surface area contributed by atoms with Crippen LogP contribution in [0.15, 0.2) is 0 Å². The predicted octanol–water partition coefficient (Wildman–Crippen LogP) is 2.01. The van der Waals surface area contributed by atoms with Gasteiger partial charge in [0.2, 0.25) is 5.91 Å². The average molecular weight is 262 g/mol. The van der Waals surface area contributed by atoms with Crippen LogP contribution in [0.2, 0.25) is 0 Å². The molecule has 1 atom stereocenters. The molecular formula is C16H26N2O. The molecule has 0 aromatic heterocycles. The molecule has 1 amide bonds. The van der Waals surface area contributed by atoms with Crippen LogP contribution in [0.5, 0.6) is 0 Å². The van der Waals surface area contributed by atoms with Crippen molar-refractivity contribution in [2.75, 3.05) is 13.1 Å². The van der Waals surface area contributed by atoms with Crippen LogP contribution in [-0.4, -0.2) is 29.9 Å². The van der Waals surface area contributed by atoms with Gasteiger partial charge in [0.15, 0.2) is 0 Å². The molecule has 3 nitrogen and oxygen atoms in total. The minimum Gasteiger partial charge on any atom is -0.341 e. The van der Waals surface area contributed by atoms with E-state index < -0.39 is 0 Å². The van der Waals surface area contributed by atoms with E-state index in [2.05, 4.69) is 0 Å². The van der Waals surface area contributed by atoms with Crippen molar-refractivity contribution < 1.29 is 4.79 Å². The maximum atomic E-state index is 11.8. The highest BCUT2D eigenvalue weighted by molar-refractivity contribution is 5.78. The zero-order valence-corrected chi connectivity index (χ0v) is 11.8. The Morgan fingerprint density at radius 3 is 2.26 bits per heavy atom. The van der Waals surface area contributed by atoms with E-state index >= 15 is 0 Å². The van der Waals surface area contributed by atoms with E-state index in [9.17, 15) is 4.79 Å². The molecule has 5 fully saturated rings. The molecule has 1 aliphatic heterocycles. The van der Waals surface area contributed by atoms with Gasteiger partial charge in [-0.15, -0.1) is 0 Å². The Labute approximate surface area is 115 Å². The van der Waals surface area contributed by atoms with E-state index in [0.717, 1.165) is 49.6 Å². The first-order valence-corrected chi connectivity index (χ1v) is 8.24. The van der Waals surface area contributed by atoms with Gasteiger partial charge < -0.3 is 10.6 Å². The third-order valence-corrected chi connectivity index (χ3v) is 6.40. The largest absolute Gasteiger partial charge is 0.341 e. The van der Waals surface area contributed by atoms with Crippen LogP contribution in [0.4, 0.5) is 0 Å². The van der Waals surface area contributed by atoms with Gasteiger partial charge in [-0.3, -0.25) is 4.79 Å². The van der Waals surface area contributed by atoms with Gasteiger partial charge in [0.05, 0.1) is 0 Å². The second-order valence-electron chi connectivity index (χ2n) is 7.62. The number of hydrogen-bond acceptors (Lipinski definition) is 2. The standard InChI is InChI=1S/C16H26N2O/c17-14(9-18-3-1-2-15(18)19)16-12-5-10-4-11(7-12)8-13(16)6-10/h10-14,16H,1-9,17H2. The summed E-state index contributed by atoms with van der Waals surface area (Å²) in [7, 11) is 0. The lowest BCUT2D eigenvalue weighted by molar-refractivity contribution is -0.128. The van der Waals surface area contributed by atoms with E-state index in [-0.39, 0.29) is 6.04 Å². The second-order valence-corrected chi connectivity index (χ2v) is 7.62. The van der Waals surface area contributed by atoms with Crippen molar-refractivity contribution in [3.8, 4) is 0 Å². The number of nitrogens with two attached hydrogens (primary N) is 1. The third kappa shape index (κ3) is 2.01. The zero-order valence-electron chi connectivity index (χ0n) is 11.8. The molecule has 1 unspecified atom stereocenters. The Hall–Kier alpha value is -0.570. The number of amides is 1. The summed E-state index contributed by atoms with van der Waals surface area (Å²) in [6.45, 7) is 1.77.